The fraction of sp³-hybridized carbons (Fsp3) is 0.350. The maximum absolute atomic E-state index is 12.9. The number of amides is 1. The van der Waals surface area contributed by atoms with Gasteiger partial charge in [-0.1, -0.05) is 12.8 Å². The summed E-state index contributed by atoms with van der Waals surface area (Å²) in [5.74, 6) is 0.170. The predicted molar refractivity (Wildman–Crippen MR) is 102 cm³/mol. The molecule has 28 heavy (non-hydrogen) atoms. The van der Waals surface area contributed by atoms with Crippen LogP contribution in [0.3, 0.4) is 0 Å². The minimum Gasteiger partial charge on any atom is -0.465 e. The van der Waals surface area contributed by atoms with Gasteiger partial charge in [-0.25, -0.2) is 17.6 Å². The van der Waals surface area contributed by atoms with Crippen LogP contribution >= 0.6 is 0 Å². The molecule has 0 saturated heterocycles. The molecule has 2 atom stereocenters. The lowest BCUT2D eigenvalue weighted by atomic mass is 9.86. The number of nitrogens with one attached hydrogen (secondary N) is 1. The quantitative estimate of drug-likeness (QED) is 0.748. The highest BCUT2D eigenvalue weighted by Gasteiger charge is 2.31. The normalized spacial score (nSPS) is 19.8. The Morgan fingerprint density at radius 1 is 1.04 bits per heavy atom. The molecular weight excluding hydrogens is 385 g/mol. The zero-order valence-electron chi connectivity index (χ0n) is 15.2. The molecule has 0 aliphatic heterocycles. The van der Waals surface area contributed by atoms with Crippen molar-refractivity contribution in [3.05, 3.63) is 54.3 Å². The number of ether oxygens (including phenoxy) is 1. The Kier molecular flexibility index (Phi) is 6.18. The van der Waals surface area contributed by atoms with Gasteiger partial charge in [-0.3, -0.25) is 0 Å². The number of hydrogen-bond acceptors (Lipinski definition) is 4. The highest BCUT2D eigenvalue weighted by atomic mass is 32.2. The predicted octanol–water partition coefficient (Wildman–Crippen LogP) is 4.22. The Morgan fingerprint density at radius 2 is 1.61 bits per heavy atom. The molecule has 0 heterocycles. The molecule has 1 aliphatic rings. The van der Waals surface area contributed by atoms with E-state index >= 15 is 0 Å². The van der Waals surface area contributed by atoms with E-state index in [0.29, 0.717) is 24.3 Å². The van der Waals surface area contributed by atoms with Crippen molar-refractivity contribution in [2.45, 2.75) is 36.6 Å². The second-order valence-electron chi connectivity index (χ2n) is 6.91. The van der Waals surface area contributed by atoms with E-state index in [1.54, 1.807) is 12.1 Å². The number of carbonyl (C=O) groups is 1. The van der Waals surface area contributed by atoms with Crippen molar-refractivity contribution in [1.29, 1.82) is 0 Å². The zero-order valence-corrected chi connectivity index (χ0v) is 16.0. The molecule has 150 valence electrons. The van der Waals surface area contributed by atoms with Crippen molar-refractivity contribution in [3.63, 3.8) is 0 Å². The molecule has 0 aromatic heterocycles. The van der Waals surface area contributed by atoms with Gasteiger partial charge in [0.05, 0.1) is 10.6 Å². The van der Waals surface area contributed by atoms with Crippen molar-refractivity contribution >= 4 is 15.9 Å². The summed E-state index contributed by atoms with van der Waals surface area (Å²) in [4.78, 5) is 11.1. The van der Waals surface area contributed by atoms with Gasteiger partial charge < -0.3 is 15.2 Å². The third kappa shape index (κ3) is 5.22. The first-order valence-electron chi connectivity index (χ1n) is 9.09. The number of benzene rings is 2. The van der Waals surface area contributed by atoms with Crippen LogP contribution in [-0.4, -0.2) is 31.4 Å². The van der Waals surface area contributed by atoms with E-state index < -0.39 is 15.9 Å². The summed E-state index contributed by atoms with van der Waals surface area (Å²) < 4.78 is 44.1. The van der Waals surface area contributed by atoms with E-state index in [9.17, 15) is 17.6 Å². The lowest BCUT2D eigenvalue weighted by molar-refractivity contribution is 0.178. The van der Waals surface area contributed by atoms with Crippen LogP contribution in [0, 0.1) is 11.7 Å². The van der Waals surface area contributed by atoms with E-state index in [-0.39, 0.29) is 28.4 Å². The number of carboxylic acid groups (broad SMARTS) is 1. The Morgan fingerprint density at radius 3 is 2.21 bits per heavy atom. The van der Waals surface area contributed by atoms with Crippen LogP contribution in [0.2, 0.25) is 0 Å². The van der Waals surface area contributed by atoms with Gasteiger partial charge in [-0.15, -0.1) is 0 Å². The van der Waals surface area contributed by atoms with Crippen LogP contribution in [0.4, 0.5) is 9.18 Å². The minimum atomic E-state index is -3.56. The van der Waals surface area contributed by atoms with E-state index in [1.165, 1.54) is 36.4 Å². The first-order valence-corrected chi connectivity index (χ1v) is 10.7. The fourth-order valence-corrected chi connectivity index (χ4v) is 5.19. The fourth-order valence-electron chi connectivity index (χ4n) is 3.49. The highest BCUT2D eigenvalue weighted by molar-refractivity contribution is 7.91. The number of hydrogen-bond donors (Lipinski definition) is 2. The van der Waals surface area contributed by atoms with Crippen LogP contribution < -0.4 is 10.1 Å². The summed E-state index contributed by atoms with van der Waals surface area (Å²) in [5, 5.41) is 11.4. The topological polar surface area (TPSA) is 92.7 Å². The van der Waals surface area contributed by atoms with Crippen molar-refractivity contribution in [1.82, 2.24) is 5.32 Å². The van der Waals surface area contributed by atoms with Crippen LogP contribution in [0.15, 0.2) is 53.4 Å². The molecule has 6 nitrogen and oxygen atoms in total. The summed E-state index contributed by atoms with van der Waals surface area (Å²) in [6, 6.07) is 11.2. The van der Waals surface area contributed by atoms with Crippen molar-refractivity contribution in [2.24, 2.45) is 5.92 Å². The molecule has 3 rings (SSSR count). The average molecular weight is 407 g/mol. The molecule has 1 amide bonds. The van der Waals surface area contributed by atoms with Crippen molar-refractivity contribution in [3.8, 4) is 11.5 Å². The number of rotatable bonds is 6. The van der Waals surface area contributed by atoms with Gasteiger partial charge in [0, 0.05) is 6.04 Å². The molecule has 0 radical (unpaired) electrons. The molecule has 2 aromatic rings. The van der Waals surface area contributed by atoms with Gasteiger partial charge in [0.25, 0.3) is 0 Å². The third-order valence-electron chi connectivity index (χ3n) is 4.88. The molecule has 8 heteroatoms. The lowest BCUT2D eigenvalue weighted by Crippen LogP contribution is -2.43. The monoisotopic (exact) mass is 407 g/mol. The third-order valence-corrected chi connectivity index (χ3v) is 6.74. The summed E-state index contributed by atoms with van der Waals surface area (Å²) in [6.07, 6.45) is 1.98. The maximum atomic E-state index is 12.9. The molecule has 1 aliphatic carbocycles. The van der Waals surface area contributed by atoms with E-state index in [0.717, 1.165) is 12.8 Å². The summed E-state index contributed by atoms with van der Waals surface area (Å²) in [5.41, 5.74) is 0. The van der Waals surface area contributed by atoms with Gasteiger partial charge in [0.15, 0.2) is 9.84 Å². The standard InChI is InChI=1S/C20H22FNO5S/c21-15-5-7-16(8-6-15)27-17-9-11-18(12-10-17)28(25,26)13-14-3-1-2-4-19(14)22-20(23)24/h5-12,14,19,22H,1-4,13H2,(H,23,24). The first-order chi connectivity index (χ1) is 13.3. The zero-order chi connectivity index (χ0) is 20.1. The van der Waals surface area contributed by atoms with Crippen molar-refractivity contribution in [2.75, 3.05) is 5.75 Å². The van der Waals surface area contributed by atoms with Gasteiger partial charge in [-0.05, 0) is 67.3 Å². The van der Waals surface area contributed by atoms with Gasteiger partial charge >= 0.3 is 6.09 Å². The van der Waals surface area contributed by atoms with Gasteiger partial charge in [0.2, 0.25) is 0 Å². The molecule has 2 unspecified atom stereocenters. The van der Waals surface area contributed by atoms with Gasteiger partial charge in [-0.2, -0.15) is 0 Å². The van der Waals surface area contributed by atoms with E-state index in [1.807, 2.05) is 0 Å². The summed E-state index contributed by atoms with van der Waals surface area (Å²) >= 11 is 0. The Balaban J connectivity index is 1.69. The first kappa shape index (κ1) is 20.1. The molecule has 2 N–H and O–H groups in total. The Labute approximate surface area is 163 Å². The second-order valence-corrected chi connectivity index (χ2v) is 8.94. The average Bonchev–Trinajstić information content (AvgIpc) is 2.65. The summed E-state index contributed by atoms with van der Waals surface area (Å²) in [6.45, 7) is 0. The van der Waals surface area contributed by atoms with Crippen LogP contribution in [0.5, 0.6) is 11.5 Å². The molecule has 0 spiro atoms. The molecule has 1 fully saturated rings. The summed E-state index contributed by atoms with van der Waals surface area (Å²) in [7, 11) is -3.56. The lowest BCUT2D eigenvalue weighted by Gasteiger charge is -2.31. The maximum Gasteiger partial charge on any atom is 0.404 e. The van der Waals surface area contributed by atoms with E-state index in [4.69, 9.17) is 9.84 Å². The number of halogens is 1. The second kappa shape index (κ2) is 8.60. The molecule has 1 saturated carbocycles. The van der Waals surface area contributed by atoms with E-state index in [2.05, 4.69) is 5.32 Å². The van der Waals surface area contributed by atoms with Crippen LogP contribution in [0.1, 0.15) is 25.7 Å². The highest BCUT2D eigenvalue weighted by Crippen LogP contribution is 2.29. The number of sulfone groups is 1. The molecule has 0 bridgehead atoms. The Bertz CT molecular complexity index is 913. The Hall–Kier alpha value is -2.61. The SMILES string of the molecule is O=C(O)NC1CCCCC1CS(=O)(=O)c1ccc(Oc2ccc(F)cc2)cc1. The largest absolute Gasteiger partial charge is 0.465 e. The van der Waals surface area contributed by atoms with Crippen LogP contribution in [0.25, 0.3) is 0 Å². The smallest absolute Gasteiger partial charge is 0.404 e. The molecule has 2 aromatic carbocycles. The van der Waals surface area contributed by atoms with Crippen molar-refractivity contribution < 1.29 is 27.4 Å². The molecular formula is C20H22FNO5S. The van der Waals surface area contributed by atoms with Crippen LogP contribution in [-0.2, 0) is 9.84 Å². The minimum absolute atomic E-state index is 0.101. The van der Waals surface area contributed by atoms with Gasteiger partial charge in [0.1, 0.15) is 17.3 Å².